The molecule has 0 saturated heterocycles. The number of aryl methyl sites for hydroxylation is 1. The molecule has 0 aliphatic heterocycles. The van der Waals surface area contributed by atoms with E-state index in [4.69, 9.17) is 16.3 Å². The Morgan fingerprint density at radius 1 is 1.13 bits per heavy atom. The van der Waals surface area contributed by atoms with Crippen LogP contribution in [0.3, 0.4) is 0 Å². The van der Waals surface area contributed by atoms with E-state index in [1.165, 1.54) is 10.7 Å². The maximum absolute atomic E-state index is 12.6. The Morgan fingerprint density at radius 3 is 2.48 bits per heavy atom. The van der Waals surface area contributed by atoms with Crippen molar-refractivity contribution in [3.8, 4) is 0 Å². The molecule has 0 aliphatic rings. The van der Waals surface area contributed by atoms with E-state index in [1.54, 1.807) is 0 Å². The quantitative estimate of drug-likeness (QED) is 0.178. The average molecular weight is 549 g/mol. The van der Waals surface area contributed by atoms with E-state index in [-0.39, 0.29) is 5.97 Å². The summed E-state index contributed by atoms with van der Waals surface area (Å²) in [4.78, 5) is 17.2. The highest BCUT2D eigenvalue weighted by Gasteiger charge is 2.18. The standard InChI is InChI=1S/C25H26ClIN2O2/c1-3-4-10-23-28-24(26)22(29(23)17-19-11-13-21(27)14-12-19)16-20(25(30)31-2)15-18-8-6-5-7-9-18/h5-9,11-14,16H,3-4,10,15,17H2,1-2H3/b20-16-. The Morgan fingerprint density at radius 2 is 1.84 bits per heavy atom. The summed E-state index contributed by atoms with van der Waals surface area (Å²) in [5.41, 5.74) is 3.47. The van der Waals surface area contributed by atoms with Gasteiger partial charge in [0.2, 0.25) is 0 Å². The second-order valence-corrected chi connectivity index (χ2v) is 8.95. The van der Waals surface area contributed by atoms with Gasteiger partial charge in [0.25, 0.3) is 0 Å². The molecule has 0 amide bonds. The van der Waals surface area contributed by atoms with Gasteiger partial charge < -0.3 is 9.30 Å². The molecule has 2 aromatic carbocycles. The minimum absolute atomic E-state index is 0.364. The van der Waals surface area contributed by atoms with Crippen LogP contribution in [0.15, 0.2) is 60.2 Å². The second kappa shape index (κ2) is 11.5. The molecule has 0 spiro atoms. The highest BCUT2D eigenvalue weighted by molar-refractivity contribution is 14.1. The molecular weight excluding hydrogens is 523 g/mol. The van der Waals surface area contributed by atoms with Crippen LogP contribution in [0.4, 0.5) is 0 Å². The van der Waals surface area contributed by atoms with Crippen molar-refractivity contribution in [1.29, 1.82) is 0 Å². The first-order valence-corrected chi connectivity index (χ1v) is 11.8. The number of esters is 1. The Kier molecular flexibility index (Phi) is 8.72. The summed E-state index contributed by atoms with van der Waals surface area (Å²) < 4.78 is 8.37. The molecular formula is C25H26ClIN2O2. The molecule has 4 nitrogen and oxygen atoms in total. The van der Waals surface area contributed by atoms with Crippen LogP contribution >= 0.6 is 34.2 Å². The zero-order valence-electron chi connectivity index (χ0n) is 17.8. The fourth-order valence-corrected chi connectivity index (χ4v) is 4.00. The molecule has 162 valence electrons. The summed E-state index contributed by atoms with van der Waals surface area (Å²) in [6.07, 6.45) is 5.22. The lowest BCUT2D eigenvalue weighted by atomic mass is 10.0. The summed E-state index contributed by atoms with van der Waals surface area (Å²) in [7, 11) is 1.40. The smallest absolute Gasteiger partial charge is 0.334 e. The number of unbranched alkanes of at least 4 members (excludes halogenated alkanes) is 1. The first-order chi connectivity index (χ1) is 15.0. The molecule has 0 bridgehead atoms. The van der Waals surface area contributed by atoms with Crippen molar-refractivity contribution in [2.45, 2.75) is 39.2 Å². The van der Waals surface area contributed by atoms with Crippen LogP contribution in [0, 0.1) is 3.57 Å². The van der Waals surface area contributed by atoms with E-state index in [0.717, 1.165) is 41.9 Å². The lowest BCUT2D eigenvalue weighted by Gasteiger charge is -2.12. The van der Waals surface area contributed by atoms with Gasteiger partial charge in [-0.2, -0.15) is 0 Å². The number of carbonyl (C=O) groups is 1. The largest absolute Gasteiger partial charge is 0.466 e. The van der Waals surface area contributed by atoms with Crippen molar-refractivity contribution in [3.63, 3.8) is 0 Å². The van der Waals surface area contributed by atoms with Gasteiger partial charge in [-0.15, -0.1) is 0 Å². The highest BCUT2D eigenvalue weighted by Crippen LogP contribution is 2.25. The maximum atomic E-state index is 12.6. The van der Waals surface area contributed by atoms with E-state index in [2.05, 4.69) is 63.3 Å². The molecule has 0 N–H and O–H groups in total. The Bertz CT molecular complexity index is 1040. The van der Waals surface area contributed by atoms with E-state index in [1.807, 2.05) is 36.4 Å². The fraction of sp³-hybridized carbons (Fsp3) is 0.280. The number of halogens is 2. The number of benzene rings is 2. The van der Waals surface area contributed by atoms with Crippen molar-refractivity contribution in [2.24, 2.45) is 0 Å². The van der Waals surface area contributed by atoms with Crippen LogP contribution in [0.25, 0.3) is 6.08 Å². The molecule has 3 rings (SSSR count). The SMILES string of the molecule is CCCCc1nc(Cl)c(/C=C(/Cc2ccccc2)C(=O)OC)n1Cc1ccc(I)cc1. The third-order valence-electron chi connectivity index (χ3n) is 5.04. The zero-order valence-corrected chi connectivity index (χ0v) is 20.7. The normalized spacial score (nSPS) is 11.5. The summed E-state index contributed by atoms with van der Waals surface area (Å²) >= 11 is 8.89. The Hall–Kier alpha value is -2.12. The number of hydrogen-bond donors (Lipinski definition) is 0. The molecule has 0 atom stereocenters. The van der Waals surface area contributed by atoms with Crippen molar-refractivity contribution in [1.82, 2.24) is 9.55 Å². The minimum Gasteiger partial charge on any atom is -0.466 e. The summed E-state index contributed by atoms with van der Waals surface area (Å²) in [6, 6.07) is 18.3. The van der Waals surface area contributed by atoms with Crippen LogP contribution in [0.2, 0.25) is 5.15 Å². The van der Waals surface area contributed by atoms with E-state index < -0.39 is 0 Å². The lowest BCUT2D eigenvalue weighted by molar-refractivity contribution is -0.136. The number of nitrogens with zero attached hydrogens (tertiary/aromatic N) is 2. The number of carbonyl (C=O) groups excluding carboxylic acids is 1. The van der Waals surface area contributed by atoms with E-state index >= 15 is 0 Å². The monoisotopic (exact) mass is 548 g/mol. The second-order valence-electron chi connectivity index (χ2n) is 7.34. The number of hydrogen-bond acceptors (Lipinski definition) is 3. The number of methoxy groups -OCH3 is 1. The predicted octanol–water partition coefficient (Wildman–Crippen LogP) is 6.33. The molecule has 6 heteroatoms. The number of aromatic nitrogens is 2. The van der Waals surface area contributed by atoms with E-state index in [0.29, 0.717) is 23.7 Å². The third-order valence-corrected chi connectivity index (χ3v) is 6.04. The van der Waals surface area contributed by atoms with Gasteiger partial charge in [-0.3, -0.25) is 0 Å². The van der Waals surface area contributed by atoms with Gasteiger partial charge in [-0.1, -0.05) is 67.4 Å². The molecule has 0 unspecified atom stereocenters. The Balaban J connectivity index is 2.04. The summed E-state index contributed by atoms with van der Waals surface area (Å²) in [5, 5.41) is 0.408. The van der Waals surface area contributed by atoms with Gasteiger partial charge >= 0.3 is 5.97 Å². The fourth-order valence-electron chi connectivity index (χ4n) is 3.39. The molecule has 1 heterocycles. The molecule has 0 saturated carbocycles. The lowest BCUT2D eigenvalue weighted by Crippen LogP contribution is -2.10. The first-order valence-electron chi connectivity index (χ1n) is 10.3. The van der Waals surface area contributed by atoms with Crippen LogP contribution in [-0.4, -0.2) is 22.6 Å². The van der Waals surface area contributed by atoms with Gasteiger partial charge in [-0.25, -0.2) is 9.78 Å². The Labute approximate surface area is 202 Å². The maximum Gasteiger partial charge on any atom is 0.334 e. The molecule has 0 radical (unpaired) electrons. The van der Waals surface area contributed by atoms with E-state index in [9.17, 15) is 4.79 Å². The van der Waals surface area contributed by atoms with Crippen LogP contribution in [-0.2, 0) is 28.9 Å². The van der Waals surface area contributed by atoms with Crippen molar-refractivity contribution in [2.75, 3.05) is 7.11 Å². The van der Waals surface area contributed by atoms with Crippen molar-refractivity contribution >= 4 is 46.2 Å². The first kappa shape index (κ1) is 23.5. The van der Waals surface area contributed by atoms with Crippen LogP contribution in [0.5, 0.6) is 0 Å². The molecule has 1 aromatic heterocycles. The van der Waals surface area contributed by atoms with Gasteiger partial charge in [0, 0.05) is 28.5 Å². The highest BCUT2D eigenvalue weighted by atomic mass is 127. The van der Waals surface area contributed by atoms with Crippen molar-refractivity contribution < 1.29 is 9.53 Å². The van der Waals surface area contributed by atoms with Gasteiger partial charge in [0.15, 0.2) is 5.15 Å². The summed E-state index contributed by atoms with van der Waals surface area (Å²) in [6.45, 7) is 2.80. The number of rotatable bonds is 9. The topological polar surface area (TPSA) is 44.1 Å². The number of ether oxygens (including phenoxy) is 1. The van der Waals surface area contributed by atoms with Gasteiger partial charge in [0.05, 0.1) is 12.8 Å². The van der Waals surface area contributed by atoms with Crippen LogP contribution < -0.4 is 0 Å². The third kappa shape index (κ3) is 6.43. The molecule has 3 aromatic rings. The minimum atomic E-state index is -0.364. The van der Waals surface area contributed by atoms with Crippen molar-refractivity contribution in [3.05, 3.63) is 91.5 Å². The predicted molar refractivity (Wildman–Crippen MR) is 134 cm³/mol. The molecule has 0 fully saturated rings. The van der Waals surface area contributed by atoms with Gasteiger partial charge in [-0.05, 0) is 58.3 Å². The van der Waals surface area contributed by atoms with Gasteiger partial charge in [0.1, 0.15) is 5.82 Å². The average Bonchev–Trinajstić information content (AvgIpc) is 3.07. The molecule has 31 heavy (non-hydrogen) atoms. The zero-order chi connectivity index (χ0) is 22.2. The number of imidazole rings is 1. The molecule has 0 aliphatic carbocycles. The summed E-state index contributed by atoms with van der Waals surface area (Å²) in [5.74, 6) is 0.567. The van der Waals surface area contributed by atoms with Crippen LogP contribution in [0.1, 0.15) is 42.4 Å².